The summed E-state index contributed by atoms with van der Waals surface area (Å²) in [5, 5.41) is 28.8. The van der Waals surface area contributed by atoms with Crippen molar-refractivity contribution in [3.8, 4) is 5.75 Å². The molecule has 2 aromatic heterocycles. The van der Waals surface area contributed by atoms with Gasteiger partial charge in [-0.3, -0.25) is 14.8 Å². The van der Waals surface area contributed by atoms with Gasteiger partial charge in [-0.1, -0.05) is 42.1 Å². The second-order valence-corrected chi connectivity index (χ2v) is 8.39. The fourth-order valence-corrected chi connectivity index (χ4v) is 4.16. The highest BCUT2D eigenvalue weighted by Crippen LogP contribution is 2.25. The number of hydrogen-bond acceptors (Lipinski definition) is 8. The standard InChI is InChI=1S/C23H23N7O3S/c1-16-22(30(31)32)17(2)28(27-16)15-34-23-26-25-18(3)29(23)24-13-19-9-11-21(12-10-19)33-14-20-7-5-4-6-8-20/h4-13H,14-15H2,1-3H3. The van der Waals surface area contributed by atoms with Crippen molar-refractivity contribution in [3.05, 3.63) is 93.1 Å². The molecule has 0 unspecified atom stereocenters. The fraction of sp³-hybridized carbons (Fsp3) is 0.217. The van der Waals surface area contributed by atoms with Crippen molar-refractivity contribution in [1.29, 1.82) is 0 Å². The highest BCUT2D eigenvalue weighted by Gasteiger charge is 2.22. The van der Waals surface area contributed by atoms with Crippen molar-refractivity contribution in [2.24, 2.45) is 5.10 Å². The highest BCUT2D eigenvalue weighted by atomic mass is 32.2. The zero-order valence-electron chi connectivity index (χ0n) is 19.0. The first kappa shape index (κ1) is 23.2. The molecule has 2 aromatic carbocycles. The van der Waals surface area contributed by atoms with E-state index in [0.717, 1.165) is 16.9 Å². The number of nitrogens with zero attached hydrogens (tertiary/aromatic N) is 7. The van der Waals surface area contributed by atoms with Crippen LogP contribution in [0.25, 0.3) is 0 Å². The highest BCUT2D eigenvalue weighted by molar-refractivity contribution is 7.98. The van der Waals surface area contributed by atoms with Crippen LogP contribution in [-0.2, 0) is 12.5 Å². The lowest BCUT2D eigenvalue weighted by atomic mass is 10.2. The predicted octanol–water partition coefficient (Wildman–Crippen LogP) is 4.52. The van der Waals surface area contributed by atoms with Crippen LogP contribution in [0, 0.1) is 30.9 Å². The van der Waals surface area contributed by atoms with Gasteiger partial charge in [0.1, 0.15) is 23.7 Å². The van der Waals surface area contributed by atoms with Gasteiger partial charge in [-0.05, 0) is 56.2 Å². The Morgan fingerprint density at radius 3 is 2.50 bits per heavy atom. The molecule has 4 rings (SSSR count). The summed E-state index contributed by atoms with van der Waals surface area (Å²) >= 11 is 1.34. The van der Waals surface area contributed by atoms with Gasteiger partial charge >= 0.3 is 5.69 Å². The molecule has 10 nitrogen and oxygen atoms in total. The van der Waals surface area contributed by atoms with Gasteiger partial charge < -0.3 is 4.74 Å². The minimum atomic E-state index is -0.409. The van der Waals surface area contributed by atoms with Gasteiger partial charge in [0.15, 0.2) is 5.82 Å². The van der Waals surface area contributed by atoms with E-state index < -0.39 is 4.92 Å². The van der Waals surface area contributed by atoms with Crippen LogP contribution in [0.2, 0.25) is 0 Å². The average molecular weight is 478 g/mol. The maximum atomic E-state index is 11.2. The van der Waals surface area contributed by atoms with Crippen LogP contribution in [-0.4, -0.2) is 35.8 Å². The minimum absolute atomic E-state index is 0.0347. The van der Waals surface area contributed by atoms with E-state index in [2.05, 4.69) is 20.4 Å². The lowest BCUT2D eigenvalue weighted by Gasteiger charge is -2.06. The first-order valence-corrected chi connectivity index (χ1v) is 11.5. The lowest BCUT2D eigenvalue weighted by molar-refractivity contribution is -0.386. The lowest BCUT2D eigenvalue weighted by Crippen LogP contribution is -2.02. The predicted molar refractivity (Wildman–Crippen MR) is 129 cm³/mol. The summed E-state index contributed by atoms with van der Waals surface area (Å²) < 4.78 is 9.04. The van der Waals surface area contributed by atoms with E-state index in [0.29, 0.717) is 34.9 Å². The van der Waals surface area contributed by atoms with Crippen LogP contribution in [0.4, 0.5) is 5.69 Å². The van der Waals surface area contributed by atoms with Crippen LogP contribution in [0.5, 0.6) is 5.75 Å². The Morgan fingerprint density at radius 1 is 1.09 bits per heavy atom. The number of nitro groups is 1. The smallest absolute Gasteiger partial charge is 0.312 e. The Morgan fingerprint density at radius 2 is 1.82 bits per heavy atom. The molecule has 0 atom stereocenters. The van der Waals surface area contributed by atoms with Crippen LogP contribution in [0.15, 0.2) is 64.9 Å². The Bertz CT molecular complexity index is 1310. The molecule has 0 saturated carbocycles. The maximum Gasteiger partial charge on any atom is 0.312 e. The summed E-state index contributed by atoms with van der Waals surface area (Å²) in [6.07, 6.45) is 1.72. The molecule has 0 aliphatic carbocycles. The SMILES string of the molecule is Cc1nn(CSc2nnc(C)n2N=Cc2ccc(OCc3ccccc3)cc2)c(C)c1[N+](=O)[O-]. The number of thioether (sulfide) groups is 1. The van der Waals surface area contributed by atoms with E-state index in [-0.39, 0.29) is 5.69 Å². The van der Waals surface area contributed by atoms with Crippen molar-refractivity contribution in [2.75, 3.05) is 0 Å². The summed E-state index contributed by atoms with van der Waals surface area (Å²) in [4.78, 5) is 10.8. The molecule has 0 bridgehead atoms. The molecule has 174 valence electrons. The van der Waals surface area contributed by atoms with Gasteiger partial charge in [0, 0.05) is 0 Å². The number of ether oxygens (including phenoxy) is 1. The van der Waals surface area contributed by atoms with Crippen LogP contribution in [0.1, 0.15) is 28.3 Å². The average Bonchev–Trinajstić information content (AvgIpc) is 3.33. The molecular weight excluding hydrogens is 454 g/mol. The first-order valence-electron chi connectivity index (χ1n) is 10.5. The molecule has 0 amide bonds. The third-order valence-electron chi connectivity index (χ3n) is 5.06. The zero-order valence-corrected chi connectivity index (χ0v) is 19.8. The number of hydrogen-bond donors (Lipinski definition) is 0. The Balaban J connectivity index is 1.41. The van der Waals surface area contributed by atoms with Crippen molar-refractivity contribution in [3.63, 3.8) is 0 Å². The summed E-state index contributed by atoms with van der Waals surface area (Å²) in [6, 6.07) is 17.6. The molecule has 34 heavy (non-hydrogen) atoms. The largest absolute Gasteiger partial charge is 0.489 e. The summed E-state index contributed by atoms with van der Waals surface area (Å²) in [5.41, 5.74) is 2.92. The second kappa shape index (κ2) is 10.3. The maximum absolute atomic E-state index is 11.2. The molecule has 4 aromatic rings. The summed E-state index contributed by atoms with van der Waals surface area (Å²) in [5.74, 6) is 1.75. The van der Waals surface area contributed by atoms with E-state index in [4.69, 9.17) is 4.74 Å². The Labute approximate surface area is 200 Å². The molecular formula is C23H23N7O3S. The minimum Gasteiger partial charge on any atom is -0.489 e. The fourth-order valence-electron chi connectivity index (χ4n) is 3.27. The van der Waals surface area contributed by atoms with Gasteiger partial charge in [-0.15, -0.1) is 10.2 Å². The van der Waals surface area contributed by atoms with Crippen LogP contribution in [0.3, 0.4) is 0 Å². The third-order valence-corrected chi connectivity index (χ3v) is 5.95. The number of rotatable bonds is 9. The van der Waals surface area contributed by atoms with Gasteiger partial charge in [0.25, 0.3) is 0 Å². The molecule has 0 saturated heterocycles. The molecule has 0 fully saturated rings. The summed E-state index contributed by atoms with van der Waals surface area (Å²) in [7, 11) is 0. The molecule has 0 spiro atoms. The second-order valence-electron chi connectivity index (χ2n) is 7.48. The van der Waals surface area contributed by atoms with Crippen LogP contribution < -0.4 is 4.74 Å². The van der Waals surface area contributed by atoms with E-state index >= 15 is 0 Å². The number of aromatic nitrogens is 5. The van der Waals surface area contributed by atoms with Crippen molar-refractivity contribution < 1.29 is 9.66 Å². The molecule has 0 aliphatic rings. The third kappa shape index (κ3) is 5.31. The first-order chi connectivity index (χ1) is 16.4. The number of aryl methyl sites for hydroxylation is 2. The molecule has 0 radical (unpaired) electrons. The van der Waals surface area contributed by atoms with E-state index in [9.17, 15) is 10.1 Å². The molecule has 2 heterocycles. The van der Waals surface area contributed by atoms with E-state index in [1.54, 1.807) is 29.4 Å². The van der Waals surface area contributed by atoms with Gasteiger partial charge in [0.2, 0.25) is 5.16 Å². The summed E-state index contributed by atoms with van der Waals surface area (Å²) in [6.45, 7) is 5.62. The van der Waals surface area contributed by atoms with E-state index in [1.807, 2.05) is 61.5 Å². The quantitative estimate of drug-likeness (QED) is 0.151. The van der Waals surface area contributed by atoms with Gasteiger partial charge in [-0.2, -0.15) is 14.9 Å². The molecule has 0 aliphatic heterocycles. The Hall–Kier alpha value is -3.99. The molecule has 0 N–H and O–H groups in total. The normalized spacial score (nSPS) is 11.3. The Kier molecular flexibility index (Phi) is 7.02. The van der Waals surface area contributed by atoms with Crippen LogP contribution >= 0.6 is 11.8 Å². The van der Waals surface area contributed by atoms with E-state index in [1.165, 1.54) is 11.8 Å². The monoisotopic (exact) mass is 477 g/mol. The topological polar surface area (TPSA) is 113 Å². The van der Waals surface area contributed by atoms with Crippen molar-refractivity contribution in [1.82, 2.24) is 24.7 Å². The van der Waals surface area contributed by atoms with Gasteiger partial charge in [0.05, 0.1) is 17.0 Å². The van der Waals surface area contributed by atoms with Gasteiger partial charge in [-0.25, -0.2) is 0 Å². The van der Waals surface area contributed by atoms with Crippen molar-refractivity contribution >= 4 is 23.7 Å². The molecule has 11 heteroatoms. The van der Waals surface area contributed by atoms with Crippen molar-refractivity contribution in [2.45, 2.75) is 38.4 Å². The number of benzene rings is 2. The zero-order chi connectivity index (χ0) is 24.1.